The molecule has 0 aliphatic carbocycles. The van der Waals surface area contributed by atoms with E-state index in [-0.39, 0.29) is 5.57 Å². The van der Waals surface area contributed by atoms with E-state index in [1.165, 1.54) is 41.8 Å². The van der Waals surface area contributed by atoms with Gasteiger partial charge in [0.05, 0.1) is 52.2 Å². The highest BCUT2D eigenvalue weighted by Gasteiger charge is 2.47. The van der Waals surface area contributed by atoms with Crippen molar-refractivity contribution in [1.82, 2.24) is 9.97 Å². The van der Waals surface area contributed by atoms with Crippen molar-refractivity contribution in [3.8, 4) is 17.2 Å². The Morgan fingerprint density at radius 2 is 1.82 bits per heavy atom. The second kappa shape index (κ2) is 10.1. The van der Waals surface area contributed by atoms with Crippen LogP contribution in [0.2, 0.25) is 0 Å². The molecule has 1 unspecified atom stereocenters. The number of aliphatic hydroxyl groups excluding tert-OH is 1. The van der Waals surface area contributed by atoms with E-state index in [4.69, 9.17) is 14.2 Å². The number of Topliss-reactive ketones (excluding diaryl/α,β-unsaturated/α-hetero) is 1. The normalized spacial score (nSPS) is 15.4. The van der Waals surface area contributed by atoms with Gasteiger partial charge in [-0.25, -0.2) is 9.97 Å². The lowest BCUT2D eigenvalue weighted by molar-refractivity contribution is -0.117. The number of amides is 1. The second-order valence-corrected chi connectivity index (χ2v) is 10.7. The average Bonchev–Trinajstić information content (AvgIpc) is 3.56. The predicted octanol–water partition coefficient (Wildman–Crippen LogP) is 5.57. The lowest BCUT2D eigenvalue weighted by Crippen LogP contribution is -2.31. The van der Waals surface area contributed by atoms with Crippen molar-refractivity contribution in [2.75, 3.05) is 25.7 Å². The van der Waals surface area contributed by atoms with Crippen LogP contribution in [-0.2, 0) is 4.79 Å². The molecule has 2 aromatic heterocycles. The molecule has 1 aliphatic rings. The molecule has 1 amide bonds. The number of carbonyl (C=O) groups excluding carboxylic acids is 2. The van der Waals surface area contributed by atoms with Crippen LogP contribution in [0.25, 0.3) is 10.2 Å². The van der Waals surface area contributed by atoms with Crippen molar-refractivity contribution in [3.05, 3.63) is 68.9 Å². The smallest absolute Gasteiger partial charge is 0.296 e. The van der Waals surface area contributed by atoms with Crippen LogP contribution in [0.15, 0.2) is 47.7 Å². The molecule has 0 bridgehead atoms. The van der Waals surface area contributed by atoms with Gasteiger partial charge < -0.3 is 19.3 Å². The molecule has 0 fully saturated rings. The predicted molar refractivity (Wildman–Crippen MR) is 146 cm³/mol. The summed E-state index contributed by atoms with van der Waals surface area (Å²) in [5, 5.41) is 12.2. The third kappa shape index (κ3) is 4.27. The van der Waals surface area contributed by atoms with Gasteiger partial charge in [-0.15, -0.1) is 11.3 Å². The van der Waals surface area contributed by atoms with Gasteiger partial charge in [0.15, 0.2) is 10.9 Å². The first kappa shape index (κ1) is 25.7. The van der Waals surface area contributed by atoms with Gasteiger partial charge in [-0.3, -0.25) is 14.5 Å². The minimum atomic E-state index is -1.02. The molecule has 1 aliphatic heterocycles. The number of hydrogen-bond donors (Lipinski definition) is 1. The van der Waals surface area contributed by atoms with Crippen molar-refractivity contribution < 1.29 is 28.9 Å². The zero-order chi connectivity index (χ0) is 27.1. The van der Waals surface area contributed by atoms with Gasteiger partial charge in [0.2, 0.25) is 5.78 Å². The van der Waals surface area contributed by atoms with Gasteiger partial charge in [0.1, 0.15) is 23.3 Å². The summed E-state index contributed by atoms with van der Waals surface area (Å²) in [5.41, 5.74) is 1.60. The number of aryl methyl sites for hydroxylation is 2. The summed E-state index contributed by atoms with van der Waals surface area (Å²) in [6.45, 7) is 5.94. The van der Waals surface area contributed by atoms with E-state index >= 15 is 0 Å². The van der Waals surface area contributed by atoms with Crippen LogP contribution in [0.4, 0.5) is 5.13 Å². The van der Waals surface area contributed by atoms with Gasteiger partial charge in [-0.2, -0.15) is 0 Å². The molecule has 2 aromatic carbocycles. The van der Waals surface area contributed by atoms with Gasteiger partial charge in [0.25, 0.3) is 5.91 Å². The summed E-state index contributed by atoms with van der Waals surface area (Å²) in [4.78, 5) is 38.3. The summed E-state index contributed by atoms with van der Waals surface area (Å²) >= 11 is 2.48. The van der Waals surface area contributed by atoms with E-state index in [2.05, 4.69) is 9.97 Å². The highest BCUT2D eigenvalue weighted by molar-refractivity contribution is 7.22. The highest BCUT2D eigenvalue weighted by Crippen LogP contribution is 2.48. The van der Waals surface area contributed by atoms with Gasteiger partial charge in [0, 0.05) is 5.56 Å². The molecular weight excluding hydrogens is 526 g/mol. The molecule has 196 valence electrons. The van der Waals surface area contributed by atoms with Gasteiger partial charge in [-0.1, -0.05) is 11.3 Å². The van der Waals surface area contributed by atoms with E-state index in [9.17, 15) is 14.7 Å². The number of anilines is 1. The quantitative estimate of drug-likeness (QED) is 0.283. The number of rotatable bonds is 8. The molecule has 1 atom stereocenters. The molecule has 3 heterocycles. The molecule has 11 heteroatoms. The zero-order valence-corrected chi connectivity index (χ0v) is 23.0. The molecule has 38 heavy (non-hydrogen) atoms. The number of nitrogens with zero attached hydrogens (tertiary/aromatic N) is 3. The molecule has 0 saturated carbocycles. The molecule has 5 rings (SSSR count). The van der Waals surface area contributed by atoms with E-state index in [0.717, 1.165) is 4.70 Å². The third-order valence-electron chi connectivity index (χ3n) is 6.16. The van der Waals surface area contributed by atoms with Crippen molar-refractivity contribution in [3.63, 3.8) is 0 Å². The second-order valence-electron chi connectivity index (χ2n) is 8.48. The fraction of sp³-hybridized carbons (Fsp3) is 0.259. The van der Waals surface area contributed by atoms with Crippen LogP contribution < -0.4 is 19.1 Å². The first-order chi connectivity index (χ1) is 18.3. The van der Waals surface area contributed by atoms with E-state index < -0.39 is 23.5 Å². The number of hydrogen-bond acceptors (Lipinski definition) is 10. The summed E-state index contributed by atoms with van der Waals surface area (Å²) in [6, 6.07) is 9.56. The molecular formula is C27H25N3O6S2. The number of thiazole rings is 2. The number of methoxy groups -OCH3 is 2. The van der Waals surface area contributed by atoms with Crippen LogP contribution in [0.1, 0.15) is 38.9 Å². The Balaban J connectivity index is 1.72. The van der Waals surface area contributed by atoms with Crippen molar-refractivity contribution in [2.45, 2.75) is 26.8 Å². The fourth-order valence-corrected chi connectivity index (χ4v) is 6.39. The summed E-state index contributed by atoms with van der Waals surface area (Å²) in [6.07, 6.45) is 0. The van der Waals surface area contributed by atoms with E-state index in [1.54, 1.807) is 32.0 Å². The van der Waals surface area contributed by atoms with Crippen LogP contribution in [0, 0.1) is 13.8 Å². The Morgan fingerprint density at radius 3 is 2.47 bits per heavy atom. The number of ether oxygens (including phenoxy) is 3. The molecule has 4 aromatic rings. The number of fused-ring (bicyclic) bond motifs is 1. The molecule has 9 nitrogen and oxygen atoms in total. The largest absolute Gasteiger partial charge is 0.503 e. The highest BCUT2D eigenvalue weighted by atomic mass is 32.1. The SMILES string of the molecule is CCOc1ccc2nc(N3C(=O)C(O)=C(C(=O)c4sc(C)nc4C)C3c3cc(OC)ccc3OC)sc2c1. The van der Waals surface area contributed by atoms with Crippen LogP contribution in [0.5, 0.6) is 17.2 Å². The monoisotopic (exact) mass is 551 g/mol. The molecule has 0 radical (unpaired) electrons. The maximum Gasteiger partial charge on any atom is 0.296 e. The minimum Gasteiger partial charge on any atom is -0.503 e. The Kier molecular flexibility index (Phi) is 6.80. The van der Waals surface area contributed by atoms with E-state index in [1.807, 2.05) is 25.1 Å². The number of ketones is 1. The zero-order valence-electron chi connectivity index (χ0n) is 21.4. The number of benzene rings is 2. The first-order valence-corrected chi connectivity index (χ1v) is 13.4. The molecule has 1 N–H and O–H groups in total. The fourth-order valence-electron chi connectivity index (χ4n) is 4.50. The summed E-state index contributed by atoms with van der Waals surface area (Å²) in [5.74, 6) is -0.235. The Bertz CT molecular complexity index is 1610. The number of aliphatic hydroxyl groups is 1. The number of aromatic nitrogens is 2. The summed E-state index contributed by atoms with van der Waals surface area (Å²) < 4.78 is 17.5. The third-order valence-corrected chi connectivity index (χ3v) is 8.25. The van der Waals surface area contributed by atoms with Crippen LogP contribution >= 0.6 is 22.7 Å². The maximum absolute atomic E-state index is 13.9. The van der Waals surface area contributed by atoms with Gasteiger partial charge in [-0.05, 0) is 57.2 Å². The Morgan fingerprint density at radius 1 is 1.05 bits per heavy atom. The van der Waals surface area contributed by atoms with Crippen molar-refractivity contribution in [1.29, 1.82) is 0 Å². The standard InChI is InChI=1S/C27H25N3O6S2/c1-6-36-16-7-9-18-20(12-16)38-27(29-18)30-22(17-11-15(34-4)8-10-19(17)35-5)21(24(32)26(30)33)23(31)25-13(2)28-14(3)37-25/h7-12,22,32H,6H2,1-5H3. The van der Waals surface area contributed by atoms with Crippen molar-refractivity contribution in [2.24, 2.45) is 0 Å². The topological polar surface area (TPSA) is 111 Å². The van der Waals surface area contributed by atoms with Crippen molar-refractivity contribution >= 4 is 49.7 Å². The Hall–Kier alpha value is -3.96. The maximum atomic E-state index is 13.9. The average molecular weight is 552 g/mol. The van der Waals surface area contributed by atoms with Crippen LogP contribution in [0.3, 0.4) is 0 Å². The lowest BCUT2D eigenvalue weighted by Gasteiger charge is -2.26. The number of carbonyl (C=O) groups is 2. The minimum absolute atomic E-state index is 0.0671. The lowest BCUT2D eigenvalue weighted by atomic mass is 9.94. The Labute approximate surface area is 226 Å². The molecule has 0 saturated heterocycles. The summed E-state index contributed by atoms with van der Waals surface area (Å²) in [7, 11) is 3.02. The molecule has 0 spiro atoms. The first-order valence-electron chi connectivity index (χ1n) is 11.8. The van der Waals surface area contributed by atoms with E-state index in [0.29, 0.717) is 55.6 Å². The van der Waals surface area contributed by atoms with Gasteiger partial charge >= 0.3 is 0 Å². The van der Waals surface area contributed by atoms with Crippen LogP contribution in [-0.4, -0.2) is 47.6 Å².